The molecule has 1 heterocycles. The molecule has 0 aliphatic rings. The molecular weight excluding hydrogens is 270 g/mol. The fourth-order valence-electron chi connectivity index (χ4n) is 1.81. The van der Waals surface area contributed by atoms with Gasteiger partial charge in [0.2, 0.25) is 5.91 Å². The van der Waals surface area contributed by atoms with E-state index < -0.39 is 0 Å². The van der Waals surface area contributed by atoms with Crippen molar-refractivity contribution < 1.29 is 4.79 Å². The van der Waals surface area contributed by atoms with Crippen LogP contribution in [-0.2, 0) is 11.2 Å². The highest BCUT2D eigenvalue weighted by molar-refractivity contribution is 7.99. The third-order valence-electron chi connectivity index (χ3n) is 2.76. The Balaban J connectivity index is 1.72. The lowest BCUT2D eigenvalue weighted by molar-refractivity contribution is -0.115. The van der Waals surface area contributed by atoms with E-state index in [4.69, 9.17) is 0 Å². The van der Waals surface area contributed by atoms with Gasteiger partial charge in [-0.15, -0.1) is 11.8 Å². The Labute approximate surface area is 123 Å². The first-order chi connectivity index (χ1) is 9.78. The number of hydrogen-bond acceptors (Lipinski definition) is 3. The lowest BCUT2D eigenvalue weighted by Crippen LogP contribution is -2.12. The first-order valence-corrected chi connectivity index (χ1v) is 7.78. The van der Waals surface area contributed by atoms with Crippen LogP contribution in [0.25, 0.3) is 0 Å². The molecule has 2 N–H and O–H groups in total. The van der Waals surface area contributed by atoms with Gasteiger partial charge in [-0.25, -0.2) is 0 Å². The molecule has 0 fully saturated rings. The molecule has 0 saturated heterocycles. The number of nitrogens with one attached hydrogen (secondary N) is 2. The van der Waals surface area contributed by atoms with Crippen LogP contribution in [0.3, 0.4) is 0 Å². The van der Waals surface area contributed by atoms with Crippen molar-refractivity contribution in [2.24, 2.45) is 0 Å². The minimum Gasteiger partial charge on any atom is -0.309 e. The summed E-state index contributed by atoms with van der Waals surface area (Å²) in [4.78, 5) is 13.0. The molecule has 0 radical (unpaired) electrons. The standard InChI is InChI=1S/C15H19N3OS/c1-2-6-12-11-14(18-17-12)16-15(19)9-10-20-13-7-4-3-5-8-13/h3-5,7-8,11H,2,6,9-10H2,1H3,(H2,16,17,18,19). The average molecular weight is 289 g/mol. The smallest absolute Gasteiger partial charge is 0.226 e. The largest absolute Gasteiger partial charge is 0.309 e. The van der Waals surface area contributed by atoms with E-state index in [-0.39, 0.29) is 5.91 Å². The van der Waals surface area contributed by atoms with Crippen molar-refractivity contribution in [3.63, 3.8) is 0 Å². The fourth-order valence-corrected chi connectivity index (χ4v) is 2.68. The van der Waals surface area contributed by atoms with Gasteiger partial charge in [0.25, 0.3) is 0 Å². The molecule has 1 amide bonds. The number of anilines is 1. The quantitative estimate of drug-likeness (QED) is 0.767. The van der Waals surface area contributed by atoms with Gasteiger partial charge in [0.05, 0.1) is 0 Å². The molecule has 0 spiro atoms. The van der Waals surface area contributed by atoms with Crippen molar-refractivity contribution in [1.82, 2.24) is 10.2 Å². The van der Waals surface area contributed by atoms with E-state index >= 15 is 0 Å². The second-order valence-corrected chi connectivity index (χ2v) is 5.66. The molecule has 0 atom stereocenters. The van der Waals surface area contributed by atoms with E-state index in [0.29, 0.717) is 12.2 Å². The molecule has 1 aromatic heterocycles. The number of benzene rings is 1. The van der Waals surface area contributed by atoms with Crippen LogP contribution in [0.2, 0.25) is 0 Å². The topological polar surface area (TPSA) is 57.8 Å². The van der Waals surface area contributed by atoms with Gasteiger partial charge in [-0.1, -0.05) is 31.5 Å². The zero-order valence-corrected chi connectivity index (χ0v) is 12.4. The van der Waals surface area contributed by atoms with Gasteiger partial charge < -0.3 is 5.32 Å². The van der Waals surface area contributed by atoms with Crippen LogP contribution < -0.4 is 5.32 Å². The van der Waals surface area contributed by atoms with Crippen LogP contribution in [0.15, 0.2) is 41.3 Å². The maximum Gasteiger partial charge on any atom is 0.226 e. The number of amides is 1. The first kappa shape index (κ1) is 14.7. The van der Waals surface area contributed by atoms with Crippen LogP contribution in [0.1, 0.15) is 25.5 Å². The molecule has 0 unspecified atom stereocenters. The second-order valence-electron chi connectivity index (χ2n) is 4.49. The number of carbonyl (C=O) groups is 1. The Bertz CT molecular complexity index is 539. The lowest BCUT2D eigenvalue weighted by Gasteiger charge is -2.02. The van der Waals surface area contributed by atoms with E-state index in [0.717, 1.165) is 24.3 Å². The van der Waals surface area contributed by atoms with E-state index in [1.807, 2.05) is 36.4 Å². The van der Waals surface area contributed by atoms with Crippen LogP contribution in [0.4, 0.5) is 5.82 Å². The Hall–Kier alpha value is -1.75. The number of hydrogen-bond donors (Lipinski definition) is 2. The van der Waals surface area contributed by atoms with E-state index in [1.54, 1.807) is 11.8 Å². The van der Waals surface area contributed by atoms with Crippen LogP contribution in [-0.4, -0.2) is 21.9 Å². The van der Waals surface area contributed by atoms with Crippen molar-refractivity contribution in [3.8, 4) is 0 Å². The molecule has 106 valence electrons. The summed E-state index contributed by atoms with van der Waals surface area (Å²) in [6, 6.07) is 12.0. The summed E-state index contributed by atoms with van der Waals surface area (Å²) in [5.41, 5.74) is 1.06. The van der Waals surface area contributed by atoms with Crippen molar-refractivity contribution in [1.29, 1.82) is 0 Å². The zero-order valence-electron chi connectivity index (χ0n) is 11.6. The van der Waals surface area contributed by atoms with Gasteiger partial charge in [-0.3, -0.25) is 9.89 Å². The monoisotopic (exact) mass is 289 g/mol. The number of aromatic nitrogens is 2. The molecule has 1 aromatic carbocycles. The summed E-state index contributed by atoms with van der Waals surface area (Å²) in [6.07, 6.45) is 2.49. The molecule has 0 aliphatic heterocycles. The van der Waals surface area contributed by atoms with Gasteiger partial charge in [-0.2, -0.15) is 5.10 Å². The molecular formula is C15H19N3OS. The maximum atomic E-state index is 11.8. The third-order valence-corrected chi connectivity index (χ3v) is 3.77. The fraction of sp³-hybridized carbons (Fsp3) is 0.333. The Morgan fingerprint density at radius 1 is 1.35 bits per heavy atom. The normalized spacial score (nSPS) is 10.4. The predicted octanol–water partition coefficient (Wildman–Crippen LogP) is 3.48. The Morgan fingerprint density at radius 2 is 2.15 bits per heavy atom. The number of carbonyl (C=O) groups excluding carboxylic acids is 1. The van der Waals surface area contributed by atoms with Gasteiger partial charge >= 0.3 is 0 Å². The first-order valence-electron chi connectivity index (χ1n) is 6.80. The maximum absolute atomic E-state index is 11.8. The summed E-state index contributed by atoms with van der Waals surface area (Å²) in [6.45, 7) is 2.11. The molecule has 20 heavy (non-hydrogen) atoms. The number of thioether (sulfide) groups is 1. The van der Waals surface area contributed by atoms with E-state index in [2.05, 4.69) is 22.4 Å². The lowest BCUT2D eigenvalue weighted by atomic mass is 10.2. The van der Waals surface area contributed by atoms with Gasteiger partial charge in [0.15, 0.2) is 5.82 Å². The summed E-state index contributed by atoms with van der Waals surface area (Å²) in [5.74, 6) is 1.38. The highest BCUT2D eigenvalue weighted by Crippen LogP contribution is 2.18. The number of rotatable bonds is 7. The van der Waals surface area contributed by atoms with Crippen LogP contribution in [0.5, 0.6) is 0 Å². The molecule has 0 bridgehead atoms. The highest BCUT2D eigenvalue weighted by Gasteiger charge is 2.06. The minimum atomic E-state index is 0.00276. The minimum absolute atomic E-state index is 0.00276. The molecule has 2 aromatic rings. The number of H-pyrrole nitrogens is 1. The third kappa shape index (κ3) is 4.74. The van der Waals surface area contributed by atoms with E-state index in [9.17, 15) is 4.79 Å². The van der Waals surface area contributed by atoms with Crippen molar-refractivity contribution >= 4 is 23.5 Å². The van der Waals surface area contributed by atoms with Gasteiger partial charge in [0, 0.05) is 28.8 Å². The Kier molecular flexibility index (Phi) is 5.68. The average Bonchev–Trinajstić information content (AvgIpc) is 2.88. The molecule has 0 aliphatic carbocycles. The summed E-state index contributed by atoms with van der Waals surface area (Å²) in [5, 5.41) is 9.81. The SMILES string of the molecule is CCCc1cc(NC(=O)CCSc2ccccc2)n[nH]1. The number of aromatic amines is 1. The molecule has 0 saturated carbocycles. The van der Waals surface area contributed by atoms with Crippen molar-refractivity contribution in [3.05, 3.63) is 42.1 Å². The number of aryl methyl sites for hydroxylation is 1. The summed E-state index contributed by atoms with van der Waals surface area (Å²) in [7, 11) is 0. The second kappa shape index (κ2) is 7.75. The Morgan fingerprint density at radius 3 is 2.90 bits per heavy atom. The van der Waals surface area contributed by atoms with Crippen LogP contribution >= 0.6 is 11.8 Å². The summed E-state index contributed by atoms with van der Waals surface area (Å²) < 4.78 is 0. The van der Waals surface area contributed by atoms with Crippen LogP contribution in [0, 0.1) is 0 Å². The number of nitrogens with zero attached hydrogens (tertiary/aromatic N) is 1. The molecule has 4 nitrogen and oxygen atoms in total. The predicted molar refractivity (Wildman–Crippen MR) is 83.0 cm³/mol. The zero-order chi connectivity index (χ0) is 14.2. The van der Waals surface area contributed by atoms with Gasteiger partial charge in [-0.05, 0) is 18.6 Å². The summed E-state index contributed by atoms with van der Waals surface area (Å²) >= 11 is 1.68. The molecule has 5 heteroatoms. The van der Waals surface area contributed by atoms with Crippen molar-refractivity contribution in [2.45, 2.75) is 31.1 Å². The molecule has 2 rings (SSSR count). The van der Waals surface area contributed by atoms with Gasteiger partial charge in [0.1, 0.15) is 0 Å². The van der Waals surface area contributed by atoms with E-state index in [1.165, 1.54) is 4.90 Å². The van der Waals surface area contributed by atoms with Crippen molar-refractivity contribution in [2.75, 3.05) is 11.1 Å². The highest BCUT2D eigenvalue weighted by atomic mass is 32.2.